The highest BCUT2D eigenvalue weighted by atomic mass is 35.5. The fraction of sp³-hybridized carbons (Fsp3) is 0.346. The Hall–Kier alpha value is -3.94. The Morgan fingerprint density at radius 1 is 1.24 bits per heavy atom. The number of hydrogen-bond donors (Lipinski definition) is 1. The molecule has 5 rings (SSSR count). The Labute approximate surface area is 219 Å². The summed E-state index contributed by atoms with van der Waals surface area (Å²) in [6.07, 6.45) is 8.24. The molecule has 1 saturated heterocycles. The van der Waals surface area contributed by atoms with Gasteiger partial charge in [0.2, 0.25) is 0 Å². The van der Waals surface area contributed by atoms with E-state index >= 15 is 0 Å². The zero-order valence-electron chi connectivity index (χ0n) is 20.5. The van der Waals surface area contributed by atoms with Crippen LogP contribution >= 0.6 is 11.6 Å². The second-order valence-corrected chi connectivity index (χ2v) is 9.41. The SMILES string of the molecule is COc1cc(Cl)ccc1C(=O)N1CCCN(CC(CC#N)n2cc(-c3ncnc4[nH]ccc34)cn2)CC1. The topological polar surface area (TPSA) is 116 Å². The van der Waals surface area contributed by atoms with Crippen molar-refractivity contribution in [3.63, 3.8) is 0 Å². The smallest absolute Gasteiger partial charge is 0.257 e. The van der Waals surface area contributed by atoms with Crippen molar-refractivity contribution in [1.82, 2.24) is 34.5 Å². The van der Waals surface area contributed by atoms with Gasteiger partial charge in [0.1, 0.15) is 17.7 Å². The van der Waals surface area contributed by atoms with Gasteiger partial charge in [-0.25, -0.2) is 9.97 Å². The molecule has 1 amide bonds. The maximum absolute atomic E-state index is 13.2. The van der Waals surface area contributed by atoms with Gasteiger partial charge in [-0.1, -0.05) is 11.6 Å². The highest BCUT2D eigenvalue weighted by Gasteiger charge is 2.25. The molecule has 0 aliphatic carbocycles. The second-order valence-electron chi connectivity index (χ2n) is 8.98. The van der Waals surface area contributed by atoms with E-state index < -0.39 is 0 Å². The van der Waals surface area contributed by atoms with E-state index in [-0.39, 0.29) is 11.9 Å². The van der Waals surface area contributed by atoms with Gasteiger partial charge in [-0.3, -0.25) is 14.4 Å². The molecule has 0 bridgehead atoms. The predicted molar refractivity (Wildman–Crippen MR) is 139 cm³/mol. The molecule has 1 atom stereocenters. The number of nitriles is 1. The number of fused-ring (bicyclic) bond motifs is 1. The highest BCUT2D eigenvalue weighted by molar-refractivity contribution is 6.30. The lowest BCUT2D eigenvalue weighted by atomic mass is 10.1. The maximum Gasteiger partial charge on any atom is 0.257 e. The third-order valence-corrected chi connectivity index (χ3v) is 6.90. The Kier molecular flexibility index (Phi) is 7.35. The summed E-state index contributed by atoms with van der Waals surface area (Å²) in [6, 6.07) is 9.20. The van der Waals surface area contributed by atoms with Crippen molar-refractivity contribution in [2.24, 2.45) is 0 Å². The van der Waals surface area contributed by atoms with E-state index in [0.717, 1.165) is 35.3 Å². The van der Waals surface area contributed by atoms with E-state index in [1.807, 2.05) is 28.0 Å². The van der Waals surface area contributed by atoms with Crippen LogP contribution in [-0.2, 0) is 0 Å². The average Bonchev–Trinajstić information content (AvgIpc) is 3.54. The lowest BCUT2D eigenvalue weighted by Gasteiger charge is -2.26. The number of halogens is 1. The van der Waals surface area contributed by atoms with Gasteiger partial charge in [-0.05, 0) is 37.2 Å². The number of aromatic amines is 1. The maximum atomic E-state index is 13.2. The molecule has 11 heteroatoms. The number of aromatic nitrogens is 5. The third kappa shape index (κ3) is 5.28. The molecule has 4 heterocycles. The lowest BCUT2D eigenvalue weighted by Crippen LogP contribution is -2.37. The molecular weight excluding hydrogens is 492 g/mol. The number of carbonyl (C=O) groups excluding carboxylic acids is 1. The zero-order chi connectivity index (χ0) is 25.8. The van der Waals surface area contributed by atoms with Gasteiger partial charge in [0.15, 0.2) is 0 Å². The summed E-state index contributed by atoms with van der Waals surface area (Å²) in [5.74, 6) is 0.407. The molecule has 1 N–H and O–H groups in total. The standard InChI is InChI=1S/C26H27ClN8O2/c1-37-23-13-19(27)3-4-21(23)26(36)34-10-2-9-33(11-12-34)16-20(5-7-28)35-15-18(14-32-35)24-22-6-8-29-25(22)31-17-30-24/h3-4,6,8,13-15,17,20H,2,5,9-12,16H2,1H3,(H,29,30,31). The molecular formula is C26H27ClN8O2. The number of ether oxygens (including phenoxy) is 1. The quantitative estimate of drug-likeness (QED) is 0.395. The molecule has 190 valence electrons. The van der Waals surface area contributed by atoms with Gasteiger partial charge in [0.05, 0.1) is 43.1 Å². The lowest BCUT2D eigenvalue weighted by molar-refractivity contribution is 0.0757. The number of nitrogens with zero attached hydrogens (tertiary/aromatic N) is 7. The summed E-state index contributed by atoms with van der Waals surface area (Å²) in [5, 5.41) is 15.6. The van der Waals surface area contributed by atoms with Crippen molar-refractivity contribution < 1.29 is 9.53 Å². The number of nitrogens with one attached hydrogen (secondary N) is 1. The molecule has 0 spiro atoms. The van der Waals surface area contributed by atoms with Crippen LogP contribution < -0.4 is 4.74 Å². The molecule has 1 unspecified atom stereocenters. The van der Waals surface area contributed by atoms with E-state index in [1.165, 1.54) is 13.4 Å². The van der Waals surface area contributed by atoms with E-state index in [4.69, 9.17) is 16.3 Å². The molecule has 1 fully saturated rings. The minimum atomic E-state index is -0.124. The Balaban J connectivity index is 1.28. The van der Waals surface area contributed by atoms with Crippen molar-refractivity contribution in [3.05, 3.63) is 59.8 Å². The van der Waals surface area contributed by atoms with Crippen molar-refractivity contribution in [3.8, 4) is 23.1 Å². The first-order valence-corrected chi connectivity index (χ1v) is 12.5. The average molecular weight is 519 g/mol. The van der Waals surface area contributed by atoms with Crippen LogP contribution in [0, 0.1) is 11.3 Å². The molecule has 1 aliphatic rings. The summed E-state index contributed by atoms with van der Waals surface area (Å²) in [7, 11) is 1.54. The van der Waals surface area contributed by atoms with Gasteiger partial charge >= 0.3 is 0 Å². The Bertz CT molecular complexity index is 1440. The zero-order valence-corrected chi connectivity index (χ0v) is 21.2. The summed E-state index contributed by atoms with van der Waals surface area (Å²) in [4.78, 5) is 29.2. The first-order valence-electron chi connectivity index (χ1n) is 12.1. The van der Waals surface area contributed by atoms with Crippen molar-refractivity contribution in [2.45, 2.75) is 18.9 Å². The first kappa shape index (κ1) is 24.7. The number of rotatable bonds is 7. The first-order chi connectivity index (χ1) is 18.1. The monoisotopic (exact) mass is 518 g/mol. The van der Waals surface area contributed by atoms with E-state index in [2.05, 4.69) is 31.0 Å². The Morgan fingerprint density at radius 3 is 2.97 bits per heavy atom. The molecule has 1 aromatic carbocycles. The largest absolute Gasteiger partial charge is 0.496 e. The van der Waals surface area contributed by atoms with Gasteiger partial charge in [-0.15, -0.1) is 0 Å². The molecule has 0 radical (unpaired) electrons. The summed E-state index contributed by atoms with van der Waals surface area (Å²) in [6.45, 7) is 3.42. The fourth-order valence-electron chi connectivity index (χ4n) is 4.78. The molecule has 37 heavy (non-hydrogen) atoms. The normalized spacial score (nSPS) is 15.3. The fourth-order valence-corrected chi connectivity index (χ4v) is 4.94. The minimum Gasteiger partial charge on any atom is -0.496 e. The van der Waals surface area contributed by atoms with Crippen molar-refractivity contribution >= 4 is 28.5 Å². The number of benzene rings is 1. The molecule has 0 saturated carbocycles. The number of carbonyl (C=O) groups is 1. The van der Waals surface area contributed by atoms with Crippen LogP contribution in [0.3, 0.4) is 0 Å². The van der Waals surface area contributed by atoms with E-state index in [9.17, 15) is 10.1 Å². The molecule has 3 aromatic heterocycles. The minimum absolute atomic E-state index is 0.0680. The number of amides is 1. The van der Waals surface area contributed by atoms with Crippen LogP contribution in [0.4, 0.5) is 0 Å². The second kappa shape index (κ2) is 11.0. The van der Waals surface area contributed by atoms with Crippen LogP contribution in [-0.4, -0.2) is 80.3 Å². The predicted octanol–water partition coefficient (Wildman–Crippen LogP) is 3.79. The highest BCUT2D eigenvalue weighted by Crippen LogP contribution is 2.27. The molecule has 4 aromatic rings. The van der Waals surface area contributed by atoms with Gasteiger partial charge < -0.3 is 14.6 Å². The Morgan fingerprint density at radius 2 is 2.14 bits per heavy atom. The van der Waals surface area contributed by atoms with E-state index in [0.29, 0.717) is 48.9 Å². The number of hydrogen-bond acceptors (Lipinski definition) is 7. The molecule has 1 aliphatic heterocycles. The van der Waals surface area contributed by atoms with Crippen LogP contribution in [0.1, 0.15) is 29.2 Å². The summed E-state index contributed by atoms with van der Waals surface area (Å²) in [5.41, 5.74) is 2.95. The van der Waals surface area contributed by atoms with Crippen molar-refractivity contribution in [1.29, 1.82) is 5.26 Å². The van der Waals surface area contributed by atoms with Crippen LogP contribution in [0.5, 0.6) is 5.75 Å². The van der Waals surface area contributed by atoms with Gasteiger partial charge in [0, 0.05) is 54.5 Å². The van der Waals surface area contributed by atoms with Crippen LogP contribution in [0.15, 0.2) is 49.2 Å². The number of H-pyrrole nitrogens is 1. The van der Waals surface area contributed by atoms with E-state index in [1.54, 1.807) is 24.4 Å². The summed E-state index contributed by atoms with van der Waals surface area (Å²) >= 11 is 6.06. The van der Waals surface area contributed by atoms with Crippen molar-refractivity contribution in [2.75, 3.05) is 39.8 Å². The number of methoxy groups -OCH3 is 1. The van der Waals surface area contributed by atoms with Gasteiger partial charge in [0.25, 0.3) is 5.91 Å². The third-order valence-electron chi connectivity index (χ3n) is 6.67. The molecule has 10 nitrogen and oxygen atoms in total. The van der Waals surface area contributed by atoms with Crippen LogP contribution in [0.2, 0.25) is 5.02 Å². The van der Waals surface area contributed by atoms with Crippen LogP contribution in [0.25, 0.3) is 22.3 Å². The summed E-state index contributed by atoms with van der Waals surface area (Å²) < 4.78 is 7.23. The van der Waals surface area contributed by atoms with Gasteiger partial charge in [-0.2, -0.15) is 10.4 Å².